The van der Waals surface area contributed by atoms with Gasteiger partial charge in [0.25, 0.3) is 0 Å². The van der Waals surface area contributed by atoms with Crippen LogP contribution in [0.3, 0.4) is 0 Å². The molecule has 0 aliphatic carbocycles. The highest BCUT2D eigenvalue weighted by Crippen LogP contribution is 2.25. The van der Waals surface area contributed by atoms with Crippen LogP contribution in [0.15, 0.2) is 24.3 Å². The van der Waals surface area contributed by atoms with Crippen molar-refractivity contribution in [2.24, 2.45) is 5.73 Å². The Balaban J connectivity index is 2.11. The molecule has 4 nitrogen and oxygen atoms in total. The van der Waals surface area contributed by atoms with Gasteiger partial charge in [0.2, 0.25) is 10.0 Å². The highest BCUT2D eigenvalue weighted by molar-refractivity contribution is 7.88. The zero-order valence-electron chi connectivity index (χ0n) is 11.4. The average Bonchev–Trinajstić information content (AvgIpc) is 2.88. The van der Waals surface area contributed by atoms with Gasteiger partial charge in [0, 0.05) is 19.1 Å². The Bertz CT molecular complexity index is 511. The van der Waals surface area contributed by atoms with Gasteiger partial charge in [-0.1, -0.05) is 31.2 Å². The Hall–Kier alpha value is -0.910. The second kappa shape index (κ2) is 6.03. The molecule has 1 aromatic rings. The molecule has 0 bridgehead atoms. The summed E-state index contributed by atoms with van der Waals surface area (Å²) in [6.07, 6.45) is 2.86. The summed E-state index contributed by atoms with van der Waals surface area (Å²) in [5, 5.41) is 0. The molecule has 0 radical (unpaired) electrons. The van der Waals surface area contributed by atoms with Crippen molar-refractivity contribution in [1.82, 2.24) is 4.31 Å². The van der Waals surface area contributed by atoms with Crippen LogP contribution < -0.4 is 5.73 Å². The maximum atomic E-state index is 12.4. The van der Waals surface area contributed by atoms with Crippen LogP contribution in [0.2, 0.25) is 0 Å². The maximum Gasteiger partial charge on any atom is 0.218 e. The van der Waals surface area contributed by atoms with Crippen molar-refractivity contribution >= 4 is 10.0 Å². The number of nitrogens with two attached hydrogens (primary N) is 1. The molecular formula is C14H22N2O2S. The van der Waals surface area contributed by atoms with E-state index in [9.17, 15) is 8.42 Å². The molecule has 5 heteroatoms. The SMILES string of the molecule is CCC1CCCN1S(=O)(=O)Cc1ccc(CN)cc1. The third-order valence-electron chi connectivity index (χ3n) is 3.76. The van der Waals surface area contributed by atoms with Crippen LogP contribution >= 0.6 is 0 Å². The van der Waals surface area contributed by atoms with Crippen LogP contribution in [0.4, 0.5) is 0 Å². The van der Waals surface area contributed by atoms with Crippen molar-refractivity contribution in [3.8, 4) is 0 Å². The fourth-order valence-electron chi connectivity index (χ4n) is 2.65. The number of hydrogen-bond donors (Lipinski definition) is 1. The van der Waals surface area contributed by atoms with Crippen LogP contribution in [0.25, 0.3) is 0 Å². The number of benzene rings is 1. The minimum absolute atomic E-state index is 0.0916. The second-order valence-corrected chi connectivity index (χ2v) is 7.01. The molecule has 0 saturated carbocycles. The monoisotopic (exact) mass is 282 g/mol. The molecule has 106 valence electrons. The van der Waals surface area contributed by atoms with Gasteiger partial charge in [-0.25, -0.2) is 8.42 Å². The summed E-state index contributed by atoms with van der Waals surface area (Å²) >= 11 is 0. The van der Waals surface area contributed by atoms with E-state index >= 15 is 0 Å². The minimum atomic E-state index is -3.19. The number of nitrogens with zero attached hydrogens (tertiary/aromatic N) is 1. The summed E-state index contributed by atoms with van der Waals surface area (Å²) in [5.74, 6) is 0.0916. The third kappa shape index (κ3) is 3.35. The van der Waals surface area contributed by atoms with Gasteiger partial charge < -0.3 is 5.73 Å². The molecule has 1 unspecified atom stereocenters. The Morgan fingerprint density at radius 2 is 1.89 bits per heavy atom. The van der Waals surface area contributed by atoms with Crippen molar-refractivity contribution in [3.05, 3.63) is 35.4 Å². The first-order valence-corrected chi connectivity index (χ1v) is 8.45. The van der Waals surface area contributed by atoms with Gasteiger partial charge in [0.05, 0.1) is 5.75 Å². The maximum absolute atomic E-state index is 12.4. The normalized spacial score (nSPS) is 20.8. The van der Waals surface area contributed by atoms with Gasteiger partial charge in [-0.2, -0.15) is 4.31 Å². The van der Waals surface area contributed by atoms with E-state index in [1.165, 1.54) is 0 Å². The molecule has 0 amide bonds. The van der Waals surface area contributed by atoms with E-state index in [2.05, 4.69) is 6.92 Å². The molecule has 0 spiro atoms. The predicted molar refractivity (Wildman–Crippen MR) is 77.0 cm³/mol. The lowest BCUT2D eigenvalue weighted by atomic mass is 10.1. The van der Waals surface area contributed by atoms with E-state index in [4.69, 9.17) is 5.73 Å². The minimum Gasteiger partial charge on any atom is -0.326 e. The Kier molecular flexibility index (Phi) is 4.60. The van der Waals surface area contributed by atoms with Gasteiger partial charge >= 0.3 is 0 Å². The summed E-state index contributed by atoms with van der Waals surface area (Å²) in [6, 6.07) is 7.69. The van der Waals surface area contributed by atoms with Gasteiger partial charge in [-0.05, 0) is 30.4 Å². The predicted octanol–water partition coefficient (Wildman–Crippen LogP) is 1.85. The van der Waals surface area contributed by atoms with E-state index in [0.717, 1.165) is 30.4 Å². The van der Waals surface area contributed by atoms with E-state index < -0.39 is 10.0 Å². The molecule has 1 aliphatic rings. The summed E-state index contributed by atoms with van der Waals surface area (Å²) in [6.45, 7) is 3.20. The highest BCUT2D eigenvalue weighted by Gasteiger charge is 2.32. The smallest absolute Gasteiger partial charge is 0.218 e. The lowest BCUT2D eigenvalue weighted by molar-refractivity contribution is 0.379. The van der Waals surface area contributed by atoms with E-state index in [1.807, 2.05) is 24.3 Å². The Labute approximate surface area is 115 Å². The summed E-state index contributed by atoms with van der Waals surface area (Å²) < 4.78 is 26.5. The first kappa shape index (κ1) is 14.5. The summed E-state index contributed by atoms with van der Waals surface area (Å²) in [5.41, 5.74) is 7.39. The molecule has 1 aromatic carbocycles. The van der Waals surface area contributed by atoms with Crippen LogP contribution in [0.5, 0.6) is 0 Å². The van der Waals surface area contributed by atoms with Gasteiger partial charge in [0.15, 0.2) is 0 Å². The number of hydrogen-bond acceptors (Lipinski definition) is 3. The topological polar surface area (TPSA) is 63.4 Å². The molecular weight excluding hydrogens is 260 g/mol. The zero-order chi connectivity index (χ0) is 13.9. The molecule has 1 saturated heterocycles. The zero-order valence-corrected chi connectivity index (χ0v) is 12.2. The Morgan fingerprint density at radius 3 is 2.47 bits per heavy atom. The Morgan fingerprint density at radius 1 is 1.26 bits per heavy atom. The van der Waals surface area contributed by atoms with E-state index in [1.54, 1.807) is 4.31 Å². The van der Waals surface area contributed by atoms with Crippen molar-refractivity contribution in [1.29, 1.82) is 0 Å². The highest BCUT2D eigenvalue weighted by atomic mass is 32.2. The quantitative estimate of drug-likeness (QED) is 0.896. The largest absolute Gasteiger partial charge is 0.326 e. The summed E-state index contributed by atoms with van der Waals surface area (Å²) in [7, 11) is -3.19. The fourth-order valence-corrected chi connectivity index (χ4v) is 4.54. The van der Waals surface area contributed by atoms with Crippen LogP contribution in [-0.4, -0.2) is 25.3 Å². The van der Waals surface area contributed by atoms with E-state index in [-0.39, 0.29) is 11.8 Å². The first-order valence-electron chi connectivity index (χ1n) is 6.84. The standard InChI is InChI=1S/C14H22N2O2S/c1-2-14-4-3-9-16(14)19(17,18)11-13-7-5-12(10-15)6-8-13/h5-8,14H,2-4,9-11,15H2,1H3. The molecule has 19 heavy (non-hydrogen) atoms. The number of rotatable bonds is 5. The lowest BCUT2D eigenvalue weighted by Gasteiger charge is -2.23. The van der Waals surface area contributed by atoms with E-state index in [0.29, 0.717) is 13.1 Å². The molecule has 0 aromatic heterocycles. The first-order chi connectivity index (χ1) is 9.06. The van der Waals surface area contributed by atoms with Crippen molar-refractivity contribution in [2.45, 2.75) is 44.5 Å². The lowest BCUT2D eigenvalue weighted by Crippen LogP contribution is -2.35. The molecule has 2 N–H and O–H groups in total. The molecule has 1 heterocycles. The van der Waals surface area contributed by atoms with Gasteiger partial charge in [-0.15, -0.1) is 0 Å². The van der Waals surface area contributed by atoms with Gasteiger partial charge in [0.1, 0.15) is 0 Å². The fraction of sp³-hybridized carbons (Fsp3) is 0.571. The van der Waals surface area contributed by atoms with Crippen LogP contribution in [0.1, 0.15) is 37.3 Å². The average molecular weight is 282 g/mol. The van der Waals surface area contributed by atoms with Crippen LogP contribution in [-0.2, 0) is 22.3 Å². The van der Waals surface area contributed by atoms with Gasteiger partial charge in [-0.3, -0.25) is 0 Å². The molecule has 2 rings (SSSR count). The van der Waals surface area contributed by atoms with Crippen LogP contribution in [0, 0.1) is 0 Å². The van der Waals surface area contributed by atoms with Crippen molar-refractivity contribution in [3.63, 3.8) is 0 Å². The second-order valence-electron chi connectivity index (χ2n) is 5.09. The third-order valence-corrected chi connectivity index (χ3v) is 5.65. The molecule has 1 aliphatic heterocycles. The van der Waals surface area contributed by atoms with Crippen molar-refractivity contribution in [2.75, 3.05) is 6.54 Å². The number of sulfonamides is 1. The summed E-state index contributed by atoms with van der Waals surface area (Å²) in [4.78, 5) is 0. The van der Waals surface area contributed by atoms with Crippen molar-refractivity contribution < 1.29 is 8.42 Å². The molecule has 1 atom stereocenters. The molecule has 1 fully saturated rings.